The fraction of sp³-hybridized carbons (Fsp3) is 0.278. The average molecular weight is 347 g/mol. The van der Waals surface area contributed by atoms with Gasteiger partial charge in [-0.2, -0.15) is 0 Å². The molecule has 0 spiro atoms. The Morgan fingerprint density at radius 2 is 1.60 bits per heavy atom. The monoisotopic (exact) mass is 347 g/mol. The van der Waals surface area contributed by atoms with Crippen molar-refractivity contribution in [3.63, 3.8) is 0 Å². The smallest absolute Gasteiger partial charge is 0.323 e. The molecule has 0 aliphatic rings. The summed E-state index contributed by atoms with van der Waals surface area (Å²) in [4.78, 5) is 13.8. The average Bonchev–Trinajstić information content (AvgIpc) is 2.56. The number of amides is 2. The van der Waals surface area contributed by atoms with Crippen LogP contribution in [-0.2, 0) is 0 Å². The first-order chi connectivity index (χ1) is 11.9. The van der Waals surface area contributed by atoms with Crippen LogP contribution in [0.2, 0.25) is 0 Å². The van der Waals surface area contributed by atoms with Crippen molar-refractivity contribution in [3.8, 4) is 5.75 Å². The van der Waals surface area contributed by atoms with Crippen molar-refractivity contribution in [1.82, 2.24) is 4.90 Å². The lowest BCUT2D eigenvalue weighted by Crippen LogP contribution is -2.30. The van der Waals surface area contributed by atoms with E-state index in [9.17, 15) is 14.3 Å². The lowest BCUT2D eigenvalue weighted by Gasteiger charge is -2.16. The molecule has 3 N–H and O–H groups in total. The maximum Gasteiger partial charge on any atom is 0.323 e. The molecule has 0 unspecified atom stereocenters. The van der Waals surface area contributed by atoms with Gasteiger partial charge in [0.2, 0.25) is 0 Å². The number of anilines is 2. The summed E-state index contributed by atoms with van der Waals surface area (Å²) < 4.78 is 18.3. The predicted octanol–water partition coefficient (Wildman–Crippen LogP) is 2.77. The molecule has 0 aliphatic carbocycles. The Kier molecular flexibility index (Phi) is 6.73. The van der Waals surface area contributed by atoms with Gasteiger partial charge in [-0.1, -0.05) is 0 Å². The number of aliphatic hydroxyl groups excluding tert-OH is 1. The van der Waals surface area contributed by atoms with Crippen molar-refractivity contribution < 1.29 is 19.0 Å². The summed E-state index contributed by atoms with van der Waals surface area (Å²) in [5.74, 6) is 0.236. The summed E-state index contributed by atoms with van der Waals surface area (Å²) in [6, 6.07) is 11.9. The zero-order valence-corrected chi connectivity index (χ0v) is 14.2. The van der Waals surface area contributed by atoms with Gasteiger partial charge in [0.05, 0.1) is 0 Å². The zero-order valence-electron chi connectivity index (χ0n) is 14.2. The van der Waals surface area contributed by atoms with E-state index in [1.807, 2.05) is 19.0 Å². The first kappa shape index (κ1) is 18.7. The molecule has 0 heterocycles. The van der Waals surface area contributed by atoms with E-state index in [1.165, 1.54) is 24.3 Å². The second-order valence-corrected chi connectivity index (χ2v) is 5.84. The third kappa shape index (κ3) is 6.78. The highest BCUT2D eigenvalue weighted by molar-refractivity contribution is 5.99. The molecule has 0 radical (unpaired) electrons. The molecule has 6 nitrogen and oxygen atoms in total. The van der Waals surface area contributed by atoms with Crippen LogP contribution in [0.1, 0.15) is 0 Å². The topological polar surface area (TPSA) is 73.8 Å². The van der Waals surface area contributed by atoms with Crippen molar-refractivity contribution in [2.45, 2.75) is 6.10 Å². The number of nitrogens with zero attached hydrogens (tertiary/aromatic N) is 1. The molecule has 2 amide bonds. The lowest BCUT2D eigenvalue weighted by molar-refractivity contribution is 0.0831. The van der Waals surface area contributed by atoms with Gasteiger partial charge in [-0.05, 0) is 62.6 Å². The van der Waals surface area contributed by atoms with E-state index in [4.69, 9.17) is 4.74 Å². The minimum Gasteiger partial charge on any atom is -0.491 e. The summed E-state index contributed by atoms with van der Waals surface area (Å²) in [6.45, 7) is 0.708. The number of carbonyl (C=O) groups is 1. The molecule has 2 rings (SSSR count). The Morgan fingerprint density at radius 1 is 1.08 bits per heavy atom. The van der Waals surface area contributed by atoms with Crippen LogP contribution in [0.4, 0.5) is 20.6 Å². The number of nitrogens with one attached hydrogen (secondary N) is 2. The number of benzene rings is 2. The lowest BCUT2D eigenvalue weighted by atomic mass is 10.3. The molecule has 1 atom stereocenters. The minimum atomic E-state index is -0.575. The number of likely N-dealkylation sites (N-methyl/N-ethyl adjacent to an activating group) is 1. The van der Waals surface area contributed by atoms with E-state index in [0.29, 0.717) is 23.7 Å². The molecule has 134 valence electrons. The second-order valence-electron chi connectivity index (χ2n) is 5.84. The molecule has 2 aromatic carbocycles. The Bertz CT molecular complexity index is 675. The molecule has 7 heteroatoms. The van der Waals surface area contributed by atoms with E-state index in [-0.39, 0.29) is 12.4 Å². The fourth-order valence-electron chi connectivity index (χ4n) is 2.13. The van der Waals surface area contributed by atoms with Gasteiger partial charge in [-0.3, -0.25) is 0 Å². The highest BCUT2D eigenvalue weighted by atomic mass is 19.1. The molecule has 0 aliphatic heterocycles. The van der Waals surface area contributed by atoms with Crippen LogP contribution in [-0.4, -0.2) is 49.4 Å². The maximum absolute atomic E-state index is 12.8. The van der Waals surface area contributed by atoms with Crippen molar-refractivity contribution in [2.75, 3.05) is 37.9 Å². The van der Waals surface area contributed by atoms with Crippen LogP contribution in [0.15, 0.2) is 48.5 Å². The summed E-state index contributed by atoms with van der Waals surface area (Å²) in [6.07, 6.45) is -0.575. The fourth-order valence-corrected chi connectivity index (χ4v) is 2.13. The third-order valence-electron chi connectivity index (χ3n) is 3.23. The SMILES string of the molecule is CN(C)C[C@H](O)COc1ccc(NC(=O)Nc2ccc(F)cc2)cc1. The molecule has 25 heavy (non-hydrogen) atoms. The number of carbonyl (C=O) groups excluding carboxylic acids is 1. The van der Waals surface area contributed by atoms with E-state index in [2.05, 4.69) is 10.6 Å². The van der Waals surface area contributed by atoms with Crippen LogP contribution >= 0.6 is 0 Å². The van der Waals surface area contributed by atoms with Crippen LogP contribution < -0.4 is 15.4 Å². The molecule has 0 fully saturated rings. The van der Waals surface area contributed by atoms with Gasteiger partial charge in [0.15, 0.2) is 0 Å². The van der Waals surface area contributed by atoms with E-state index in [0.717, 1.165) is 0 Å². The number of aliphatic hydroxyl groups is 1. The molecule has 0 bridgehead atoms. The molecule has 0 saturated carbocycles. The quantitative estimate of drug-likeness (QED) is 0.720. The van der Waals surface area contributed by atoms with Crippen LogP contribution in [0, 0.1) is 5.82 Å². The van der Waals surface area contributed by atoms with Gasteiger partial charge in [0.1, 0.15) is 24.3 Å². The highest BCUT2D eigenvalue weighted by Crippen LogP contribution is 2.16. The number of halogens is 1. The molecule has 0 aromatic heterocycles. The molecule has 0 saturated heterocycles. The van der Waals surface area contributed by atoms with E-state index < -0.39 is 12.1 Å². The van der Waals surface area contributed by atoms with Crippen LogP contribution in [0.25, 0.3) is 0 Å². The number of rotatable bonds is 7. The van der Waals surface area contributed by atoms with Gasteiger partial charge in [-0.25, -0.2) is 9.18 Å². The summed E-state index contributed by atoms with van der Waals surface area (Å²) in [5, 5.41) is 15.0. The molecular formula is C18H22FN3O3. The maximum atomic E-state index is 12.8. The summed E-state index contributed by atoms with van der Waals surface area (Å²) >= 11 is 0. The Labute approximate surface area is 146 Å². The standard InChI is InChI=1S/C18H22FN3O3/c1-22(2)11-16(23)12-25-17-9-7-15(8-10-17)21-18(24)20-14-5-3-13(19)4-6-14/h3-10,16,23H,11-12H2,1-2H3,(H2,20,21,24)/t16-/m0/s1. The largest absolute Gasteiger partial charge is 0.491 e. The number of hydrogen-bond acceptors (Lipinski definition) is 4. The van der Waals surface area contributed by atoms with Crippen LogP contribution in [0.3, 0.4) is 0 Å². The van der Waals surface area contributed by atoms with Gasteiger partial charge in [0.25, 0.3) is 0 Å². The van der Waals surface area contributed by atoms with Crippen LogP contribution in [0.5, 0.6) is 5.75 Å². The molecule has 2 aromatic rings. The van der Waals surface area contributed by atoms with Gasteiger partial charge in [-0.15, -0.1) is 0 Å². The third-order valence-corrected chi connectivity index (χ3v) is 3.23. The number of hydrogen-bond donors (Lipinski definition) is 3. The van der Waals surface area contributed by atoms with Gasteiger partial charge < -0.3 is 25.4 Å². The van der Waals surface area contributed by atoms with Crippen molar-refractivity contribution >= 4 is 17.4 Å². The molecular weight excluding hydrogens is 325 g/mol. The van der Waals surface area contributed by atoms with Crippen molar-refractivity contribution in [3.05, 3.63) is 54.3 Å². The Morgan fingerprint density at radius 3 is 2.12 bits per heavy atom. The Balaban J connectivity index is 1.81. The van der Waals surface area contributed by atoms with Crippen molar-refractivity contribution in [2.24, 2.45) is 0 Å². The van der Waals surface area contributed by atoms with Gasteiger partial charge in [0, 0.05) is 17.9 Å². The first-order valence-corrected chi connectivity index (χ1v) is 7.81. The van der Waals surface area contributed by atoms with E-state index >= 15 is 0 Å². The number of urea groups is 1. The van der Waals surface area contributed by atoms with Gasteiger partial charge >= 0.3 is 6.03 Å². The highest BCUT2D eigenvalue weighted by Gasteiger charge is 2.07. The second kappa shape index (κ2) is 9.00. The first-order valence-electron chi connectivity index (χ1n) is 7.81. The van der Waals surface area contributed by atoms with Crippen molar-refractivity contribution in [1.29, 1.82) is 0 Å². The predicted molar refractivity (Wildman–Crippen MR) is 95.5 cm³/mol. The summed E-state index contributed by atoms with van der Waals surface area (Å²) in [7, 11) is 3.75. The van der Waals surface area contributed by atoms with E-state index in [1.54, 1.807) is 24.3 Å². The number of ether oxygens (including phenoxy) is 1. The zero-order chi connectivity index (χ0) is 18.2. The Hall–Kier alpha value is -2.64. The summed E-state index contributed by atoms with van der Waals surface area (Å²) in [5.41, 5.74) is 1.08. The normalized spacial score (nSPS) is 11.9. The minimum absolute atomic E-state index is 0.190.